The molecule has 1 aromatic carbocycles. The largest absolute Gasteiger partial charge is 0.375 e. The predicted molar refractivity (Wildman–Crippen MR) is 110 cm³/mol. The molecule has 3 aliphatic rings. The number of hydrogen-bond acceptors (Lipinski definition) is 3. The number of amides is 1. The second kappa shape index (κ2) is 7.91. The lowest BCUT2D eigenvalue weighted by Gasteiger charge is -2.48. The summed E-state index contributed by atoms with van der Waals surface area (Å²) in [4.78, 5) is 17.3. The molecule has 1 aromatic rings. The zero-order valence-electron chi connectivity index (χ0n) is 17.3. The quantitative estimate of drug-likeness (QED) is 0.579. The summed E-state index contributed by atoms with van der Waals surface area (Å²) in [6, 6.07) is 8.62. The average molecular weight is 420 g/mol. The van der Waals surface area contributed by atoms with Gasteiger partial charge < -0.3 is 14.9 Å². The van der Waals surface area contributed by atoms with Crippen LogP contribution in [-0.2, 0) is 10.4 Å². The molecule has 0 unspecified atom stereocenters. The molecule has 0 bridgehead atoms. The van der Waals surface area contributed by atoms with Crippen LogP contribution in [0.2, 0.25) is 0 Å². The Balaban J connectivity index is 1.51. The van der Waals surface area contributed by atoms with Gasteiger partial charge in [-0.3, -0.25) is 10.2 Å². The van der Waals surface area contributed by atoms with Crippen molar-refractivity contribution in [1.29, 1.82) is 5.41 Å². The maximum Gasteiger partial charge on any atom is 0.259 e. The van der Waals surface area contributed by atoms with E-state index in [4.69, 9.17) is 5.41 Å². The van der Waals surface area contributed by atoms with Crippen LogP contribution >= 0.6 is 0 Å². The second-order valence-electron chi connectivity index (χ2n) is 9.39. The number of nitrogens with zero attached hydrogens (tertiary/aromatic N) is 2. The highest BCUT2D eigenvalue weighted by Crippen LogP contribution is 2.49. The van der Waals surface area contributed by atoms with Gasteiger partial charge in [0.1, 0.15) is 0 Å². The molecule has 3 fully saturated rings. The number of nitrogens with one attached hydrogen (secondary N) is 1. The van der Waals surface area contributed by atoms with Crippen molar-refractivity contribution in [3.05, 3.63) is 35.9 Å². The minimum Gasteiger partial charge on any atom is -0.375 e. The lowest BCUT2D eigenvalue weighted by molar-refractivity contribution is -0.163. The fourth-order valence-electron chi connectivity index (χ4n) is 5.59. The third-order valence-corrected chi connectivity index (χ3v) is 7.69. The maximum absolute atomic E-state index is 14.0. The number of carbonyl (C=O) groups excluding carboxylic acids is 1. The molecule has 0 radical (unpaired) electrons. The van der Waals surface area contributed by atoms with Crippen LogP contribution < -0.4 is 0 Å². The van der Waals surface area contributed by atoms with Crippen molar-refractivity contribution in [1.82, 2.24) is 9.80 Å². The van der Waals surface area contributed by atoms with Gasteiger partial charge in [-0.25, -0.2) is 8.78 Å². The molecule has 2 heterocycles. The molecule has 5 nitrogen and oxygen atoms in total. The molecule has 1 amide bonds. The predicted octanol–water partition coefficient (Wildman–Crippen LogP) is 3.62. The first-order valence-electron chi connectivity index (χ1n) is 11.0. The van der Waals surface area contributed by atoms with Crippen molar-refractivity contribution in [2.75, 3.05) is 26.2 Å². The number of piperidine rings is 2. The molecule has 30 heavy (non-hydrogen) atoms. The maximum atomic E-state index is 14.0. The molecular formula is C23H31F2N3O2. The summed E-state index contributed by atoms with van der Waals surface area (Å²) in [6.45, 7) is 2.81. The Hall–Kier alpha value is -2.02. The van der Waals surface area contributed by atoms with Crippen LogP contribution in [0.25, 0.3) is 0 Å². The van der Waals surface area contributed by atoms with Crippen molar-refractivity contribution < 1.29 is 18.7 Å². The molecule has 7 heteroatoms. The zero-order valence-corrected chi connectivity index (χ0v) is 17.3. The molecule has 1 saturated carbocycles. The number of carbonyl (C=O) groups is 1. The van der Waals surface area contributed by atoms with Crippen LogP contribution in [0.5, 0.6) is 0 Å². The Labute approximate surface area is 176 Å². The lowest BCUT2D eigenvalue weighted by atomic mass is 9.70. The SMILES string of the molecule is N=CN1CCC2(CC1)CCN(C(=O)[C@](O)(c1ccccc1)[C@@H]1CCC(F)(F)C1)CC2. The van der Waals surface area contributed by atoms with E-state index in [1.165, 1.54) is 6.34 Å². The molecular weight excluding hydrogens is 388 g/mol. The van der Waals surface area contributed by atoms with Crippen LogP contribution in [-0.4, -0.2) is 59.3 Å². The fraction of sp³-hybridized carbons (Fsp3) is 0.652. The van der Waals surface area contributed by atoms with Gasteiger partial charge in [-0.1, -0.05) is 30.3 Å². The topological polar surface area (TPSA) is 67.6 Å². The second-order valence-corrected chi connectivity index (χ2v) is 9.39. The average Bonchev–Trinajstić information content (AvgIpc) is 3.14. The standard InChI is InChI=1S/C23H31F2N3O2/c24-22(25)7-6-19(16-22)23(30,18-4-2-1-3-5-18)20(29)28-14-10-21(11-15-28)8-12-27(17-26)13-9-21/h1-5,17,19,26,30H,6-16H2/t19-,23+/m1/s1. The van der Waals surface area contributed by atoms with Gasteiger partial charge in [-0.05, 0) is 43.1 Å². The number of likely N-dealkylation sites (tertiary alicyclic amines) is 2. The number of hydrogen-bond donors (Lipinski definition) is 2. The highest BCUT2D eigenvalue weighted by atomic mass is 19.3. The molecule has 4 rings (SSSR count). The molecule has 1 aliphatic carbocycles. The van der Waals surface area contributed by atoms with E-state index in [1.807, 2.05) is 4.90 Å². The highest BCUT2D eigenvalue weighted by Gasteiger charge is 2.55. The van der Waals surface area contributed by atoms with E-state index in [-0.39, 0.29) is 18.3 Å². The molecule has 164 valence electrons. The smallest absolute Gasteiger partial charge is 0.259 e. The van der Waals surface area contributed by atoms with E-state index in [9.17, 15) is 18.7 Å². The van der Waals surface area contributed by atoms with Gasteiger partial charge in [0, 0.05) is 44.9 Å². The van der Waals surface area contributed by atoms with E-state index >= 15 is 0 Å². The Kier molecular flexibility index (Phi) is 5.60. The van der Waals surface area contributed by atoms with E-state index in [0.29, 0.717) is 18.7 Å². The number of benzene rings is 1. The first-order chi connectivity index (χ1) is 14.3. The summed E-state index contributed by atoms with van der Waals surface area (Å²) in [5.41, 5.74) is -1.31. The summed E-state index contributed by atoms with van der Waals surface area (Å²) >= 11 is 0. The fourth-order valence-corrected chi connectivity index (χ4v) is 5.59. The third-order valence-electron chi connectivity index (χ3n) is 7.69. The highest BCUT2D eigenvalue weighted by molar-refractivity contribution is 5.87. The first-order valence-corrected chi connectivity index (χ1v) is 11.0. The molecule has 1 spiro atoms. The molecule has 2 saturated heterocycles. The van der Waals surface area contributed by atoms with Crippen molar-refractivity contribution in [2.45, 2.75) is 56.5 Å². The molecule has 2 N–H and O–H groups in total. The van der Waals surface area contributed by atoms with Gasteiger partial charge in [-0.15, -0.1) is 0 Å². The van der Waals surface area contributed by atoms with Gasteiger partial charge >= 0.3 is 0 Å². The van der Waals surface area contributed by atoms with Gasteiger partial charge in [0.05, 0.1) is 6.34 Å². The lowest BCUT2D eigenvalue weighted by Crippen LogP contribution is -2.55. The van der Waals surface area contributed by atoms with Crippen LogP contribution in [0, 0.1) is 16.7 Å². The summed E-state index contributed by atoms with van der Waals surface area (Å²) in [7, 11) is 0. The molecule has 2 aliphatic heterocycles. The number of alkyl halides is 2. The van der Waals surface area contributed by atoms with Crippen LogP contribution in [0.3, 0.4) is 0 Å². The number of aliphatic hydroxyl groups is 1. The van der Waals surface area contributed by atoms with Crippen molar-refractivity contribution >= 4 is 12.2 Å². The van der Waals surface area contributed by atoms with Crippen molar-refractivity contribution in [3.8, 4) is 0 Å². The zero-order chi connectivity index (χ0) is 21.4. The number of halogens is 2. The van der Waals surface area contributed by atoms with Crippen molar-refractivity contribution in [3.63, 3.8) is 0 Å². The Morgan fingerprint density at radius 3 is 2.20 bits per heavy atom. The van der Waals surface area contributed by atoms with Crippen LogP contribution in [0.1, 0.15) is 50.5 Å². The van der Waals surface area contributed by atoms with Crippen molar-refractivity contribution in [2.24, 2.45) is 11.3 Å². The Morgan fingerprint density at radius 1 is 1.07 bits per heavy atom. The van der Waals surface area contributed by atoms with Crippen LogP contribution in [0.4, 0.5) is 8.78 Å². The minimum absolute atomic E-state index is 0.140. The Morgan fingerprint density at radius 2 is 1.67 bits per heavy atom. The first kappa shape index (κ1) is 21.2. The van der Waals surface area contributed by atoms with Gasteiger partial charge in [0.25, 0.3) is 5.91 Å². The summed E-state index contributed by atoms with van der Waals surface area (Å²) in [5, 5.41) is 19.1. The van der Waals surface area contributed by atoms with E-state index < -0.39 is 29.8 Å². The summed E-state index contributed by atoms with van der Waals surface area (Å²) in [6.07, 6.45) is 4.51. The number of rotatable bonds is 4. The van der Waals surface area contributed by atoms with Gasteiger partial charge in [-0.2, -0.15) is 0 Å². The van der Waals surface area contributed by atoms with Crippen LogP contribution in [0.15, 0.2) is 30.3 Å². The molecule has 2 atom stereocenters. The molecule has 0 aromatic heterocycles. The van der Waals surface area contributed by atoms with Gasteiger partial charge in [0.2, 0.25) is 5.92 Å². The van der Waals surface area contributed by atoms with E-state index in [2.05, 4.69) is 0 Å². The monoisotopic (exact) mass is 419 g/mol. The van der Waals surface area contributed by atoms with E-state index in [1.54, 1.807) is 35.2 Å². The van der Waals surface area contributed by atoms with Gasteiger partial charge in [0.15, 0.2) is 5.60 Å². The third kappa shape index (κ3) is 3.84. The summed E-state index contributed by atoms with van der Waals surface area (Å²) in [5.74, 6) is -4.04. The normalized spacial score (nSPS) is 27.6. The minimum atomic E-state index is -2.83. The Bertz CT molecular complexity index is 770. The van der Waals surface area contributed by atoms with E-state index in [0.717, 1.165) is 38.8 Å². The summed E-state index contributed by atoms with van der Waals surface area (Å²) < 4.78 is 28.0.